The smallest absolute Gasteiger partial charge is 0.301 e. The zero-order valence-electron chi connectivity index (χ0n) is 13.6. The summed E-state index contributed by atoms with van der Waals surface area (Å²) in [6.45, 7) is 2.51. The topological polar surface area (TPSA) is 69.6 Å². The molecule has 0 saturated heterocycles. The van der Waals surface area contributed by atoms with Crippen molar-refractivity contribution in [2.45, 2.75) is 13.5 Å². The molecule has 24 heavy (non-hydrogen) atoms. The van der Waals surface area contributed by atoms with E-state index in [-0.39, 0.29) is 5.69 Å². The number of hydrogen-bond acceptors (Lipinski definition) is 6. The molecule has 2 heterocycles. The quantitative estimate of drug-likeness (QED) is 0.697. The van der Waals surface area contributed by atoms with Gasteiger partial charge in [0, 0.05) is 24.4 Å². The summed E-state index contributed by atoms with van der Waals surface area (Å²) in [5.74, 6) is 1.89. The van der Waals surface area contributed by atoms with E-state index in [1.165, 1.54) is 11.3 Å². The first-order valence-electron chi connectivity index (χ1n) is 7.31. The number of ether oxygens (including phenoxy) is 1. The molecule has 6 nitrogen and oxygen atoms in total. The lowest BCUT2D eigenvalue weighted by molar-refractivity contribution is 0.0989. The van der Waals surface area contributed by atoms with Gasteiger partial charge in [-0.05, 0) is 25.3 Å². The van der Waals surface area contributed by atoms with Gasteiger partial charge in [-0.2, -0.15) is 16.8 Å². The number of nitrogens with zero attached hydrogens (tertiary/aromatic N) is 3. The van der Waals surface area contributed by atoms with Crippen molar-refractivity contribution in [2.75, 3.05) is 19.1 Å². The zero-order valence-corrected chi connectivity index (χ0v) is 15.2. The van der Waals surface area contributed by atoms with Crippen molar-refractivity contribution in [3.05, 3.63) is 40.5 Å². The zero-order chi connectivity index (χ0) is 17.1. The Labute approximate surface area is 147 Å². The molecule has 8 heteroatoms. The number of carbonyl (C=O) groups excluding carboxylic acids is 1. The lowest BCUT2D eigenvalue weighted by atomic mass is 10.3. The molecule has 0 atom stereocenters. The molecule has 0 bridgehead atoms. The minimum absolute atomic E-state index is 0.221. The third kappa shape index (κ3) is 3.39. The summed E-state index contributed by atoms with van der Waals surface area (Å²) in [6, 6.07) is 7.45. The van der Waals surface area contributed by atoms with Crippen LogP contribution < -0.4 is 9.54 Å². The van der Waals surface area contributed by atoms with E-state index in [0.717, 1.165) is 28.3 Å². The van der Waals surface area contributed by atoms with Crippen molar-refractivity contribution in [1.29, 1.82) is 0 Å². The maximum Gasteiger partial charge on any atom is 0.301 e. The molecule has 2 aromatic heterocycles. The highest BCUT2D eigenvalue weighted by molar-refractivity contribution is 7.98. The first-order chi connectivity index (χ1) is 11.6. The normalized spacial score (nSPS) is 12.0. The molecule has 1 aromatic carbocycles. The van der Waals surface area contributed by atoms with E-state index < -0.39 is 5.91 Å². The van der Waals surface area contributed by atoms with Crippen molar-refractivity contribution in [2.24, 2.45) is 4.99 Å². The number of methoxy groups -OCH3 is 1. The number of benzene rings is 1. The number of aromatic nitrogens is 2. The lowest BCUT2D eigenvalue weighted by Crippen LogP contribution is -2.18. The Balaban J connectivity index is 2.11. The Morgan fingerprint density at radius 1 is 1.46 bits per heavy atom. The summed E-state index contributed by atoms with van der Waals surface area (Å²) in [4.78, 5) is 17.2. The highest BCUT2D eigenvalue weighted by atomic mass is 32.2. The maximum absolute atomic E-state index is 12.3. The van der Waals surface area contributed by atoms with Gasteiger partial charge < -0.3 is 13.8 Å². The van der Waals surface area contributed by atoms with Gasteiger partial charge >= 0.3 is 5.91 Å². The Morgan fingerprint density at radius 2 is 2.29 bits per heavy atom. The van der Waals surface area contributed by atoms with Crippen LogP contribution in [0.3, 0.4) is 0 Å². The summed E-state index contributed by atoms with van der Waals surface area (Å²) < 4.78 is 13.4. The number of aryl methyl sites for hydroxylation is 2. The largest absolute Gasteiger partial charge is 0.497 e. The number of rotatable bonds is 5. The van der Waals surface area contributed by atoms with E-state index in [4.69, 9.17) is 9.26 Å². The van der Waals surface area contributed by atoms with Crippen LogP contribution in [-0.4, -0.2) is 34.7 Å². The first kappa shape index (κ1) is 16.8. The predicted octanol–water partition coefficient (Wildman–Crippen LogP) is 3.11. The number of hydrogen-bond donors (Lipinski definition) is 0. The van der Waals surface area contributed by atoms with Crippen molar-refractivity contribution >= 4 is 39.2 Å². The second-order valence-corrected chi connectivity index (χ2v) is 7.10. The standard InChI is InChI=1S/C16H17N3O3S2/c1-10-8-12(18-22-10)15(20)17-16-19(6-7-23-3)13-9-11(21-2)4-5-14(13)24-16/h4-5,8-9H,6-7H2,1-3H3. The monoisotopic (exact) mass is 363 g/mol. The molecule has 0 N–H and O–H groups in total. The fourth-order valence-corrected chi connectivity index (χ4v) is 3.67. The maximum atomic E-state index is 12.3. The second-order valence-electron chi connectivity index (χ2n) is 5.10. The van der Waals surface area contributed by atoms with E-state index in [9.17, 15) is 4.79 Å². The Morgan fingerprint density at radius 3 is 2.96 bits per heavy atom. The molecule has 1 amide bonds. The fraction of sp³-hybridized carbons (Fsp3) is 0.312. The molecule has 3 aromatic rings. The highest BCUT2D eigenvalue weighted by Gasteiger charge is 2.13. The molecule has 0 aliphatic heterocycles. The lowest BCUT2D eigenvalue weighted by Gasteiger charge is -2.05. The SMILES string of the molecule is COc1ccc2sc(=NC(=O)c3cc(C)on3)n(CCSC)c2c1. The van der Waals surface area contributed by atoms with Crippen LogP contribution in [0, 0.1) is 6.92 Å². The second kappa shape index (κ2) is 7.23. The predicted molar refractivity (Wildman–Crippen MR) is 95.9 cm³/mol. The van der Waals surface area contributed by atoms with Crippen LogP contribution in [0.2, 0.25) is 0 Å². The van der Waals surface area contributed by atoms with Crippen molar-refractivity contribution < 1.29 is 14.1 Å². The van der Waals surface area contributed by atoms with Gasteiger partial charge in [-0.1, -0.05) is 16.5 Å². The van der Waals surface area contributed by atoms with Crippen LogP contribution in [0.25, 0.3) is 10.2 Å². The molecule has 0 radical (unpaired) electrons. The van der Waals surface area contributed by atoms with Gasteiger partial charge in [0.1, 0.15) is 11.5 Å². The van der Waals surface area contributed by atoms with E-state index in [2.05, 4.69) is 16.4 Å². The summed E-state index contributed by atoms with van der Waals surface area (Å²) in [7, 11) is 1.64. The van der Waals surface area contributed by atoms with Gasteiger partial charge in [0.15, 0.2) is 10.5 Å². The summed E-state index contributed by atoms with van der Waals surface area (Å²) in [5, 5.41) is 3.74. The summed E-state index contributed by atoms with van der Waals surface area (Å²) >= 11 is 3.22. The van der Waals surface area contributed by atoms with Crippen LogP contribution in [0.5, 0.6) is 5.75 Å². The van der Waals surface area contributed by atoms with Crippen LogP contribution in [0.1, 0.15) is 16.2 Å². The van der Waals surface area contributed by atoms with Gasteiger partial charge in [-0.15, -0.1) is 0 Å². The number of thiazole rings is 1. The number of fused-ring (bicyclic) bond motifs is 1. The van der Waals surface area contributed by atoms with Gasteiger partial charge in [0.25, 0.3) is 0 Å². The molecular weight excluding hydrogens is 346 g/mol. The van der Waals surface area contributed by atoms with E-state index in [0.29, 0.717) is 10.6 Å². The average Bonchev–Trinajstić information content (AvgIpc) is 3.16. The minimum Gasteiger partial charge on any atom is -0.497 e. The van der Waals surface area contributed by atoms with Crippen molar-refractivity contribution in [1.82, 2.24) is 9.72 Å². The van der Waals surface area contributed by atoms with Gasteiger partial charge in [-0.25, -0.2) is 0 Å². The third-order valence-electron chi connectivity index (χ3n) is 3.45. The van der Waals surface area contributed by atoms with Crippen molar-refractivity contribution in [3.63, 3.8) is 0 Å². The third-order valence-corrected chi connectivity index (χ3v) is 5.10. The number of thioether (sulfide) groups is 1. The highest BCUT2D eigenvalue weighted by Crippen LogP contribution is 2.23. The first-order valence-corrected chi connectivity index (χ1v) is 9.52. The van der Waals surface area contributed by atoms with E-state index >= 15 is 0 Å². The number of amides is 1. The fourth-order valence-electron chi connectivity index (χ4n) is 2.27. The van der Waals surface area contributed by atoms with E-state index in [1.807, 2.05) is 22.8 Å². The molecule has 126 valence electrons. The van der Waals surface area contributed by atoms with E-state index in [1.54, 1.807) is 31.9 Å². The minimum atomic E-state index is -0.400. The molecule has 0 fully saturated rings. The Kier molecular flexibility index (Phi) is 5.06. The summed E-state index contributed by atoms with van der Waals surface area (Å²) in [6.07, 6.45) is 2.05. The van der Waals surface area contributed by atoms with Crippen LogP contribution in [0.15, 0.2) is 33.8 Å². The molecule has 0 saturated carbocycles. The van der Waals surface area contributed by atoms with Gasteiger partial charge in [0.2, 0.25) is 0 Å². The molecule has 0 aliphatic rings. The average molecular weight is 363 g/mol. The van der Waals surface area contributed by atoms with Crippen molar-refractivity contribution in [3.8, 4) is 5.75 Å². The van der Waals surface area contributed by atoms with Gasteiger partial charge in [0.05, 0.1) is 17.3 Å². The number of carbonyl (C=O) groups is 1. The molecule has 0 aliphatic carbocycles. The summed E-state index contributed by atoms with van der Waals surface area (Å²) in [5.41, 5.74) is 1.23. The molecule has 3 rings (SSSR count). The van der Waals surface area contributed by atoms with Crippen LogP contribution in [0.4, 0.5) is 0 Å². The van der Waals surface area contributed by atoms with Crippen LogP contribution in [-0.2, 0) is 6.54 Å². The molecule has 0 spiro atoms. The Bertz CT molecular complexity index is 940. The van der Waals surface area contributed by atoms with Crippen LogP contribution >= 0.6 is 23.1 Å². The molecular formula is C16H17N3O3S2. The molecule has 0 unspecified atom stereocenters. The Hall–Kier alpha value is -2.06. The van der Waals surface area contributed by atoms with Gasteiger partial charge in [-0.3, -0.25) is 4.79 Å².